The summed E-state index contributed by atoms with van der Waals surface area (Å²) >= 11 is 0. The van der Waals surface area contributed by atoms with E-state index in [-0.39, 0.29) is 51.9 Å². The Balaban J connectivity index is -0.000000390. The summed E-state index contributed by atoms with van der Waals surface area (Å²) in [5, 5.41) is 9.58. The molecule has 1 aliphatic carbocycles. The van der Waals surface area contributed by atoms with E-state index in [9.17, 15) is 5.11 Å². The molecule has 2 nitrogen and oxygen atoms in total. The summed E-state index contributed by atoms with van der Waals surface area (Å²) in [4.78, 5) is 2.00. The molecule has 0 aliphatic heterocycles. The molecule has 1 aromatic carbocycles. The van der Waals surface area contributed by atoms with Gasteiger partial charge in [-0.05, 0) is 28.5 Å². The minimum absolute atomic E-state index is 0. The van der Waals surface area contributed by atoms with Gasteiger partial charge in [-0.2, -0.15) is 6.08 Å². The Kier molecular flexibility index (Phi) is 14.2. The van der Waals surface area contributed by atoms with Gasteiger partial charge >= 0.3 is 0 Å². The molecular weight excluding hydrogens is 401 g/mol. The molecule has 5 heteroatoms. The number of rotatable bonds is 1. The molecule has 0 fully saturated rings. The van der Waals surface area contributed by atoms with Crippen LogP contribution in [0.25, 0.3) is 0 Å². The maximum absolute atomic E-state index is 9.58. The molecule has 0 radical (unpaired) electrons. The van der Waals surface area contributed by atoms with Crippen molar-refractivity contribution >= 4 is 30.5 Å². The van der Waals surface area contributed by atoms with Crippen molar-refractivity contribution in [3.63, 3.8) is 0 Å². The van der Waals surface area contributed by atoms with E-state index in [1.165, 1.54) is 5.57 Å². The van der Waals surface area contributed by atoms with Gasteiger partial charge in [0.1, 0.15) is 5.75 Å². The Labute approximate surface area is 187 Å². The van der Waals surface area contributed by atoms with E-state index >= 15 is 0 Å². The van der Waals surface area contributed by atoms with Crippen molar-refractivity contribution in [1.29, 1.82) is 0 Å². The van der Waals surface area contributed by atoms with Crippen LogP contribution in [0.1, 0.15) is 53.5 Å². The molecule has 1 N–H and O–H groups in total. The first-order chi connectivity index (χ1) is 10.4. The molecule has 0 heterocycles. The number of aromatic hydroxyl groups is 1. The van der Waals surface area contributed by atoms with Gasteiger partial charge in [0.2, 0.25) is 0 Å². The molecule has 26 heavy (non-hydrogen) atoms. The number of halogens is 2. The second kappa shape index (κ2) is 12.1. The summed E-state index contributed by atoms with van der Waals surface area (Å²) in [6.45, 7) is 13.1. The molecule has 0 saturated carbocycles. The van der Waals surface area contributed by atoms with Crippen molar-refractivity contribution < 1.29 is 26.8 Å². The number of benzene rings is 1. The van der Waals surface area contributed by atoms with Crippen LogP contribution in [0.15, 0.2) is 35.9 Å². The van der Waals surface area contributed by atoms with Gasteiger partial charge in [0.05, 0.1) is 0 Å². The number of nitrogens with zero attached hydrogens (tertiary/aromatic N) is 1. The van der Waals surface area contributed by atoms with Gasteiger partial charge in [0.15, 0.2) is 0 Å². The molecule has 0 bridgehead atoms. The molecular formula is C21H34Cl2NOTi-. The number of anilines is 1. The van der Waals surface area contributed by atoms with Crippen molar-refractivity contribution in [3.8, 4) is 5.75 Å². The average molecular weight is 435 g/mol. The van der Waals surface area contributed by atoms with Crippen LogP contribution in [-0.2, 0) is 27.1 Å². The third-order valence-corrected chi connectivity index (χ3v) is 3.79. The minimum atomic E-state index is 0. The SMILES string of the molecule is CC(C)(C)C1=[C-]CC=C1.CN(C)c1cc(O)cc(C(C)(C)C)c1.Cl.Cl.[Ti]. The summed E-state index contributed by atoms with van der Waals surface area (Å²) in [5.74, 6) is 0.334. The predicted molar refractivity (Wildman–Crippen MR) is 116 cm³/mol. The fourth-order valence-electron chi connectivity index (χ4n) is 2.21. The average Bonchev–Trinajstić information content (AvgIpc) is 2.91. The van der Waals surface area contributed by atoms with E-state index in [1.807, 2.05) is 25.1 Å². The maximum atomic E-state index is 9.58. The standard InChI is InChI=1S/C12H19NO.C9H13.2ClH.Ti/c1-12(2,3)9-6-10(13(4)5)8-11(14)7-9;1-9(2,3)8-6-4-5-7-8;;;/h6-8,14H,1-5H3;4,6H,5H2,1-3H3;2*1H;/q;-1;;;. The van der Waals surface area contributed by atoms with E-state index in [0.717, 1.165) is 17.7 Å². The van der Waals surface area contributed by atoms with Crippen LogP contribution in [-0.4, -0.2) is 19.2 Å². The molecule has 148 valence electrons. The zero-order valence-electron chi connectivity index (χ0n) is 17.3. The van der Waals surface area contributed by atoms with E-state index in [0.29, 0.717) is 11.2 Å². The molecule has 0 aromatic heterocycles. The third-order valence-electron chi connectivity index (χ3n) is 3.79. The zero-order valence-corrected chi connectivity index (χ0v) is 20.5. The molecule has 1 aliphatic rings. The second-order valence-electron chi connectivity index (χ2n) is 8.33. The summed E-state index contributed by atoms with van der Waals surface area (Å²) in [6.07, 6.45) is 8.63. The maximum Gasteiger partial charge on any atom is 0.117 e. The largest absolute Gasteiger partial charge is 0.508 e. The molecule has 0 spiro atoms. The van der Waals surface area contributed by atoms with E-state index in [4.69, 9.17) is 0 Å². The topological polar surface area (TPSA) is 23.5 Å². The van der Waals surface area contributed by atoms with Crippen LogP contribution in [0.2, 0.25) is 0 Å². The number of phenols is 1. The van der Waals surface area contributed by atoms with Gasteiger partial charge in [-0.3, -0.25) is 6.08 Å². The summed E-state index contributed by atoms with van der Waals surface area (Å²) < 4.78 is 0. The Morgan fingerprint density at radius 2 is 1.46 bits per heavy atom. The quantitative estimate of drug-likeness (QED) is 0.412. The van der Waals surface area contributed by atoms with Gasteiger partial charge in [0, 0.05) is 47.6 Å². The van der Waals surface area contributed by atoms with Crippen LogP contribution in [0.5, 0.6) is 5.75 Å². The van der Waals surface area contributed by atoms with Crippen molar-refractivity contribution in [3.05, 3.63) is 47.6 Å². The van der Waals surface area contributed by atoms with Gasteiger partial charge in [-0.25, -0.2) is 11.6 Å². The molecule has 0 amide bonds. The Morgan fingerprint density at radius 1 is 0.923 bits per heavy atom. The fraction of sp³-hybridized carbons (Fsp3) is 0.524. The van der Waals surface area contributed by atoms with E-state index in [1.54, 1.807) is 6.07 Å². The second-order valence-corrected chi connectivity index (χ2v) is 8.33. The molecule has 0 saturated heterocycles. The van der Waals surface area contributed by atoms with Crippen LogP contribution < -0.4 is 4.90 Å². The van der Waals surface area contributed by atoms with Crippen molar-refractivity contribution in [2.45, 2.75) is 53.4 Å². The first-order valence-corrected chi connectivity index (χ1v) is 8.21. The zero-order chi connectivity index (χ0) is 17.8. The Morgan fingerprint density at radius 3 is 1.77 bits per heavy atom. The molecule has 2 rings (SSSR count). The predicted octanol–water partition coefficient (Wildman–Crippen LogP) is 6.32. The van der Waals surface area contributed by atoms with Crippen LogP contribution in [0, 0.1) is 11.5 Å². The van der Waals surface area contributed by atoms with E-state index < -0.39 is 0 Å². The van der Waals surface area contributed by atoms with Gasteiger partial charge in [0.25, 0.3) is 0 Å². The van der Waals surface area contributed by atoms with Crippen molar-refractivity contribution in [2.75, 3.05) is 19.0 Å². The van der Waals surface area contributed by atoms with Crippen LogP contribution in [0.4, 0.5) is 5.69 Å². The Hall–Kier alpha value is -0.406. The van der Waals surface area contributed by atoms with Crippen molar-refractivity contribution in [2.24, 2.45) is 5.41 Å². The van der Waals surface area contributed by atoms with Crippen LogP contribution >= 0.6 is 24.8 Å². The summed E-state index contributed by atoms with van der Waals surface area (Å²) in [7, 11) is 3.95. The van der Waals surface area contributed by atoms with Crippen molar-refractivity contribution in [1.82, 2.24) is 0 Å². The molecule has 0 unspecified atom stereocenters. The van der Waals surface area contributed by atoms with E-state index in [2.05, 4.69) is 65.8 Å². The van der Waals surface area contributed by atoms with Crippen LogP contribution in [0.3, 0.4) is 0 Å². The number of phenolic OH excluding ortho intramolecular Hbond substituents is 1. The summed E-state index contributed by atoms with van der Waals surface area (Å²) in [5.41, 5.74) is 3.91. The first kappa shape index (κ1) is 30.3. The minimum Gasteiger partial charge on any atom is -0.508 e. The number of hydrogen-bond donors (Lipinski definition) is 1. The molecule has 1 aromatic rings. The monoisotopic (exact) mass is 434 g/mol. The van der Waals surface area contributed by atoms with Gasteiger partial charge in [-0.1, -0.05) is 41.5 Å². The third kappa shape index (κ3) is 10.1. The smallest absolute Gasteiger partial charge is 0.117 e. The number of allylic oxidation sites excluding steroid dienone is 4. The summed E-state index contributed by atoms with van der Waals surface area (Å²) in [6, 6.07) is 5.71. The Bertz CT molecular complexity index is 597. The van der Waals surface area contributed by atoms with Gasteiger partial charge in [-0.15, -0.1) is 31.2 Å². The molecule has 0 atom stereocenters. The number of hydrogen-bond acceptors (Lipinski definition) is 2. The normalized spacial score (nSPS) is 12.5. The van der Waals surface area contributed by atoms with Gasteiger partial charge < -0.3 is 10.0 Å². The fourth-order valence-corrected chi connectivity index (χ4v) is 2.21. The first-order valence-electron chi connectivity index (χ1n) is 8.21.